The lowest BCUT2D eigenvalue weighted by molar-refractivity contribution is 0.0579. The molecule has 0 spiro atoms. The third kappa shape index (κ3) is 3.14. The van der Waals surface area contributed by atoms with Gasteiger partial charge in [-0.1, -0.05) is 35.9 Å². The SMILES string of the molecule is COC[C@@H]1CN(C(=O)OC(C)(C)C)c2c(Cl)c(O)c3ccccc3c21. The lowest BCUT2D eigenvalue weighted by Gasteiger charge is -2.25. The lowest BCUT2D eigenvalue weighted by Crippen LogP contribution is -2.36. The summed E-state index contributed by atoms with van der Waals surface area (Å²) in [5.74, 6) is -0.0711. The number of fused-ring (bicyclic) bond motifs is 3. The molecular weight excluding hydrogens is 342 g/mol. The molecule has 2 aromatic rings. The van der Waals surface area contributed by atoms with Crippen molar-refractivity contribution in [1.82, 2.24) is 0 Å². The van der Waals surface area contributed by atoms with Crippen molar-refractivity contribution in [3.05, 3.63) is 34.9 Å². The standard InChI is InChI=1S/C19H22ClNO4/c1-19(2,3)25-18(23)21-9-11(10-24-4)14-12-7-5-6-8-13(12)17(22)15(20)16(14)21/h5-8,11,22H,9-10H2,1-4H3/t11-/m0/s1. The summed E-state index contributed by atoms with van der Waals surface area (Å²) in [5, 5.41) is 12.2. The van der Waals surface area contributed by atoms with E-state index in [1.165, 1.54) is 4.90 Å². The number of phenolic OH excluding ortho intramolecular Hbond substituents is 1. The number of carbonyl (C=O) groups excluding carboxylic acids is 1. The van der Waals surface area contributed by atoms with Gasteiger partial charge in [0.2, 0.25) is 0 Å². The molecule has 1 atom stereocenters. The Morgan fingerprint density at radius 2 is 1.96 bits per heavy atom. The summed E-state index contributed by atoms with van der Waals surface area (Å²) >= 11 is 6.45. The third-order valence-electron chi connectivity index (χ3n) is 4.21. The van der Waals surface area contributed by atoms with Gasteiger partial charge in [-0.05, 0) is 31.7 Å². The molecule has 0 saturated heterocycles. The molecular formula is C19H22ClNO4. The van der Waals surface area contributed by atoms with E-state index in [1.807, 2.05) is 45.0 Å². The number of phenols is 1. The summed E-state index contributed by atoms with van der Waals surface area (Å²) in [5.41, 5.74) is 0.794. The van der Waals surface area contributed by atoms with Crippen LogP contribution in [0, 0.1) is 0 Å². The fraction of sp³-hybridized carbons (Fsp3) is 0.421. The van der Waals surface area contributed by atoms with Crippen LogP contribution in [0.25, 0.3) is 10.8 Å². The highest BCUT2D eigenvalue weighted by molar-refractivity contribution is 6.37. The second-order valence-corrected chi connectivity index (χ2v) is 7.59. The quantitative estimate of drug-likeness (QED) is 0.841. The van der Waals surface area contributed by atoms with E-state index in [9.17, 15) is 9.90 Å². The molecule has 1 N–H and O–H groups in total. The number of ether oxygens (including phenoxy) is 2. The minimum Gasteiger partial charge on any atom is -0.506 e. The first-order valence-electron chi connectivity index (χ1n) is 8.17. The molecule has 25 heavy (non-hydrogen) atoms. The van der Waals surface area contributed by atoms with E-state index in [0.29, 0.717) is 24.2 Å². The maximum Gasteiger partial charge on any atom is 0.414 e. The van der Waals surface area contributed by atoms with Crippen molar-refractivity contribution in [2.24, 2.45) is 0 Å². The number of carbonyl (C=O) groups is 1. The summed E-state index contributed by atoms with van der Waals surface area (Å²) in [6, 6.07) is 7.48. The van der Waals surface area contributed by atoms with Crippen molar-refractivity contribution in [1.29, 1.82) is 0 Å². The molecule has 0 unspecified atom stereocenters. The van der Waals surface area contributed by atoms with Crippen LogP contribution in [0.15, 0.2) is 24.3 Å². The Kier molecular flexibility index (Phi) is 4.56. The Hall–Kier alpha value is -1.98. The first-order valence-corrected chi connectivity index (χ1v) is 8.55. The average Bonchev–Trinajstić information content (AvgIpc) is 2.91. The van der Waals surface area contributed by atoms with Gasteiger partial charge in [-0.2, -0.15) is 0 Å². The van der Waals surface area contributed by atoms with E-state index >= 15 is 0 Å². The topological polar surface area (TPSA) is 59.0 Å². The first kappa shape index (κ1) is 17.8. The fourth-order valence-electron chi connectivity index (χ4n) is 3.30. The summed E-state index contributed by atoms with van der Waals surface area (Å²) in [6.45, 7) is 6.28. The molecule has 6 heteroatoms. The molecule has 1 heterocycles. The van der Waals surface area contributed by atoms with Crippen molar-refractivity contribution >= 4 is 34.2 Å². The van der Waals surface area contributed by atoms with Crippen molar-refractivity contribution in [2.45, 2.75) is 32.3 Å². The van der Waals surface area contributed by atoms with Gasteiger partial charge in [-0.15, -0.1) is 0 Å². The van der Waals surface area contributed by atoms with E-state index in [0.717, 1.165) is 10.9 Å². The monoisotopic (exact) mass is 363 g/mol. The number of rotatable bonds is 2. The number of halogens is 1. The van der Waals surface area contributed by atoms with Gasteiger partial charge in [0, 0.05) is 25.0 Å². The lowest BCUT2D eigenvalue weighted by atomic mass is 9.94. The van der Waals surface area contributed by atoms with Crippen LogP contribution in [0.1, 0.15) is 32.3 Å². The molecule has 0 aromatic heterocycles. The zero-order valence-electron chi connectivity index (χ0n) is 14.8. The van der Waals surface area contributed by atoms with Crippen molar-refractivity contribution < 1.29 is 19.4 Å². The van der Waals surface area contributed by atoms with Crippen LogP contribution in [0.4, 0.5) is 10.5 Å². The van der Waals surface area contributed by atoms with Crippen LogP contribution in [0.5, 0.6) is 5.75 Å². The van der Waals surface area contributed by atoms with Crippen LogP contribution in [0.2, 0.25) is 5.02 Å². The Labute approximate surface area is 152 Å². The van der Waals surface area contributed by atoms with Gasteiger partial charge in [0.1, 0.15) is 16.4 Å². The molecule has 0 aliphatic carbocycles. The van der Waals surface area contributed by atoms with Crippen molar-refractivity contribution in [3.63, 3.8) is 0 Å². The Morgan fingerprint density at radius 3 is 2.56 bits per heavy atom. The molecule has 1 amide bonds. The van der Waals surface area contributed by atoms with E-state index in [2.05, 4.69) is 0 Å². The van der Waals surface area contributed by atoms with Gasteiger partial charge in [0.05, 0.1) is 12.3 Å². The normalized spacial score (nSPS) is 17.0. The highest BCUT2D eigenvalue weighted by Crippen LogP contribution is 2.50. The number of amides is 1. The van der Waals surface area contributed by atoms with E-state index in [1.54, 1.807) is 7.11 Å². The summed E-state index contributed by atoms with van der Waals surface area (Å²) in [6.07, 6.45) is -0.482. The summed E-state index contributed by atoms with van der Waals surface area (Å²) in [4.78, 5) is 14.2. The number of anilines is 1. The Balaban J connectivity index is 2.20. The number of hydrogen-bond acceptors (Lipinski definition) is 4. The average molecular weight is 364 g/mol. The molecule has 0 saturated carbocycles. The number of aromatic hydroxyl groups is 1. The molecule has 3 rings (SSSR count). The predicted molar refractivity (Wildman–Crippen MR) is 98.8 cm³/mol. The van der Waals surface area contributed by atoms with Crippen LogP contribution in [-0.4, -0.2) is 37.1 Å². The molecule has 1 aliphatic heterocycles. The third-order valence-corrected chi connectivity index (χ3v) is 4.56. The minimum absolute atomic E-state index is 0.0253. The number of hydrogen-bond donors (Lipinski definition) is 1. The number of nitrogens with zero attached hydrogens (tertiary/aromatic N) is 1. The van der Waals surface area contributed by atoms with Gasteiger partial charge in [-0.3, -0.25) is 4.90 Å². The number of methoxy groups -OCH3 is 1. The Morgan fingerprint density at radius 1 is 1.32 bits per heavy atom. The zero-order valence-corrected chi connectivity index (χ0v) is 15.6. The number of benzene rings is 2. The smallest absolute Gasteiger partial charge is 0.414 e. The van der Waals surface area contributed by atoms with Gasteiger partial charge in [-0.25, -0.2) is 4.79 Å². The second-order valence-electron chi connectivity index (χ2n) is 7.21. The highest BCUT2D eigenvalue weighted by atomic mass is 35.5. The highest BCUT2D eigenvalue weighted by Gasteiger charge is 2.39. The van der Waals surface area contributed by atoms with Crippen molar-refractivity contribution in [2.75, 3.05) is 25.2 Å². The van der Waals surface area contributed by atoms with E-state index < -0.39 is 11.7 Å². The first-order chi connectivity index (χ1) is 11.7. The van der Waals surface area contributed by atoms with Gasteiger partial charge in [0.15, 0.2) is 0 Å². The van der Waals surface area contributed by atoms with Gasteiger partial charge in [0.25, 0.3) is 0 Å². The molecule has 0 bridgehead atoms. The van der Waals surface area contributed by atoms with Crippen LogP contribution < -0.4 is 4.90 Å². The van der Waals surface area contributed by atoms with Crippen LogP contribution in [-0.2, 0) is 9.47 Å². The fourth-order valence-corrected chi connectivity index (χ4v) is 3.61. The van der Waals surface area contributed by atoms with Gasteiger partial charge >= 0.3 is 6.09 Å². The molecule has 134 valence electrons. The van der Waals surface area contributed by atoms with E-state index in [-0.39, 0.29) is 16.7 Å². The molecule has 0 radical (unpaired) electrons. The summed E-state index contributed by atoms with van der Waals surface area (Å²) < 4.78 is 10.9. The molecule has 1 aliphatic rings. The van der Waals surface area contributed by atoms with Crippen LogP contribution >= 0.6 is 11.6 Å². The minimum atomic E-state index is -0.623. The van der Waals surface area contributed by atoms with E-state index in [4.69, 9.17) is 21.1 Å². The van der Waals surface area contributed by atoms with Crippen LogP contribution in [0.3, 0.4) is 0 Å². The largest absolute Gasteiger partial charge is 0.506 e. The van der Waals surface area contributed by atoms with Gasteiger partial charge < -0.3 is 14.6 Å². The molecule has 5 nitrogen and oxygen atoms in total. The summed E-state index contributed by atoms with van der Waals surface area (Å²) in [7, 11) is 1.63. The predicted octanol–water partition coefficient (Wildman–Crippen LogP) is 4.68. The van der Waals surface area contributed by atoms with Crippen molar-refractivity contribution in [3.8, 4) is 5.75 Å². The Bertz CT molecular complexity index is 828. The second kappa shape index (κ2) is 6.39. The molecule has 0 fully saturated rings. The maximum atomic E-state index is 12.7. The maximum absolute atomic E-state index is 12.7. The zero-order chi connectivity index (χ0) is 18.4. The molecule has 2 aromatic carbocycles.